The van der Waals surface area contributed by atoms with Crippen LogP contribution < -0.4 is 5.56 Å². The standard InChI is InChI=1S/C19H16F2N2O4/c1-3-27-19(26)15-17(24)16-14(23(2)18(15)25)8-11(9-22-16)6-10-4-5-12(20)13(21)7-10/h4-5,7-9,24H,3,6H2,1-2H3. The molecular weight excluding hydrogens is 358 g/mol. The summed E-state index contributed by atoms with van der Waals surface area (Å²) in [6.45, 7) is 1.64. The van der Waals surface area contributed by atoms with Gasteiger partial charge in [0.1, 0.15) is 5.52 Å². The normalized spacial score (nSPS) is 11.0. The number of benzene rings is 1. The number of aryl methyl sites for hydroxylation is 1. The lowest BCUT2D eigenvalue weighted by atomic mass is 10.1. The Labute approximate surface area is 152 Å². The molecule has 3 rings (SSSR count). The number of carbonyl (C=O) groups excluding carboxylic acids is 1. The van der Waals surface area contributed by atoms with Crippen LogP contribution in [0.3, 0.4) is 0 Å². The molecule has 0 aliphatic heterocycles. The zero-order valence-electron chi connectivity index (χ0n) is 14.6. The minimum atomic E-state index is -0.953. The molecule has 1 aromatic carbocycles. The maximum Gasteiger partial charge on any atom is 0.347 e. The van der Waals surface area contributed by atoms with Gasteiger partial charge in [0, 0.05) is 13.2 Å². The fraction of sp³-hybridized carbons (Fsp3) is 0.211. The summed E-state index contributed by atoms with van der Waals surface area (Å²) in [6.07, 6.45) is 1.68. The van der Waals surface area contributed by atoms with Crippen molar-refractivity contribution in [1.82, 2.24) is 9.55 Å². The number of fused-ring (bicyclic) bond motifs is 1. The molecule has 27 heavy (non-hydrogen) atoms. The second-order valence-electron chi connectivity index (χ2n) is 5.94. The fourth-order valence-corrected chi connectivity index (χ4v) is 2.80. The highest BCUT2D eigenvalue weighted by Gasteiger charge is 2.23. The molecule has 140 valence electrons. The molecule has 0 aliphatic carbocycles. The van der Waals surface area contributed by atoms with Crippen LogP contribution in [0, 0.1) is 11.6 Å². The minimum absolute atomic E-state index is 0.0556. The number of hydrogen-bond acceptors (Lipinski definition) is 5. The lowest BCUT2D eigenvalue weighted by Gasteiger charge is -2.12. The Balaban J connectivity index is 2.09. The summed E-state index contributed by atoms with van der Waals surface area (Å²) in [4.78, 5) is 28.6. The van der Waals surface area contributed by atoms with E-state index in [2.05, 4.69) is 4.98 Å². The third-order valence-corrected chi connectivity index (χ3v) is 4.14. The Bertz CT molecular complexity index is 1110. The van der Waals surface area contributed by atoms with Crippen LogP contribution >= 0.6 is 0 Å². The SMILES string of the molecule is CCOC(=O)c1c(O)c2ncc(Cc3ccc(F)c(F)c3)cc2n(C)c1=O. The number of carbonyl (C=O) groups is 1. The molecule has 3 aromatic rings. The van der Waals surface area contributed by atoms with Crippen LogP contribution in [0.1, 0.15) is 28.4 Å². The van der Waals surface area contributed by atoms with Crippen LogP contribution in [-0.2, 0) is 18.2 Å². The van der Waals surface area contributed by atoms with Crippen molar-refractivity contribution in [2.24, 2.45) is 7.05 Å². The van der Waals surface area contributed by atoms with Crippen LogP contribution in [0.15, 0.2) is 35.3 Å². The molecule has 8 heteroatoms. The average molecular weight is 374 g/mol. The van der Waals surface area contributed by atoms with Gasteiger partial charge >= 0.3 is 5.97 Å². The monoisotopic (exact) mass is 374 g/mol. The lowest BCUT2D eigenvalue weighted by Crippen LogP contribution is -2.26. The maximum absolute atomic E-state index is 13.4. The van der Waals surface area contributed by atoms with E-state index in [1.54, 1.807) is 13.0 Å². The van der Waals surface area contributed by atoms with E-state index in [0.717, 1.165) is 12.1 Å². The second-order valence-corrected chi connectivity index (χ2v) is 5.94. The Kier molecular flexibility index (Phi) is 4.89. The van der Waals surface area contributed by atoms with E-state index >= 15 is 0 Å². The first-order valence-corrected chi connectivity index (χ1v) is 8.15. The van der Waals surface area contributed by atoms with E-state index in [9.17, 15) is 23.5 Å². The first-order chi connectivity index (χ1) is 12.8. The van der Waals surface area contributed by atoms with Gasteiger partial charge in [0.2, 0.25) is 0 Å². The Morgan fingerprint density at radius 2 is 1.96 bits per heavy atom. The quantitative estimate of drug-likeness (QED) is 0.710. The van der Waals surface area contributed by atoms with Crippen LogP contribution in [0.5, 0.6) is 5.75 Å². The number of nitrogens with zero attached hydrogens (tertiary/aromatic N) is 2. The largest absolute Gasteiger partial charge is 0.505 e. The summed E-state index contributed by atoms with van der Waals surface area (Å²) in [7, 11) is 1.44. The number of rotatable bonds is 4. The molecule has 0 spiro atoms. The molecule has 0 unspecified atom stereocenters. The van der Waals surface area contributed by atoms with E-state index < -0.39 is 34.5 Å². The molecular formula is C19H16F2N2O4. The highest BCUT2D eigenvalue weighted by Crippen LogP contribution is 2.26. The highest BCUT2D eigenvalue weighted by molar-refractivity contribution is 5.98. The number of halogens is 2. The number of ether oxygens (including phenoxy) is 1. The van der Waals surface area contributed by atoms with Crippen molar-refractivity contribution in [3.63, 3.8) is 0 Å². The number of hydrogen-bond donors (Lipinski definition) is 1. The van der Waals surface area contributed by atoms with Gasteiger partial charge in [-0.15, -0.1) is 0 Å². The van der Waals surface area contributed by atoms with E-state index in [1.807, 2.05) is 0 Å². The minimum Gasteiger partial charge on any atom is -0.505 e. The Morgan fingerprint density at radius 3 is 2.63 bits per heavy atom. The van der Waals surface area contributed by atoms with E-state index in [1.165, 1.54) is 23.9 Å². The van der Waals surface area contributed by atoms with Gasteiger partial charge in [-0.3, -0.25) is 9.78 Å². The third-order valence-electron chi connectivity index (χ3n) is 4.14. The highest BCUT2D eigenvalue weighted by atomic mass is 19.2. The van der Waals surface area contributed by atoms with Gasteiger partial charge < -0.3 is 14.4 Å². The molecule has 0 saturated heterocycles. The van der Waals surface area contributed by atoms with Gasteiger partial charge in [-0.25, -0.2) is 13.6 Å². The molecule has 0 atom stereocenters. The predicted molar refractivity (Wildman–Crippen MR) is 93.8 cm³/mol. The topological polar surface area (TPSA) is 81.4 Å². The Hall–Kier alpha value is -3.29. The molecule has 0 radical (unpaired) electrons. The fourth-order valence-electron chi connectivity index (χ4n) is 2.80. The molecule has 2 heterocycles. The van der Waals surface area contributed by atoms with Crippen LogP contribution in [0.25, 0.3) is 11.0 Å². The summed E-state index contributed by atoms with van der Waals surface area (Å²) in [6, 6.07) is 5.16. The van der Waals surface area contributed by atoms with Crippen molar-refractivity contribution in [3.8, 4) is 5.75 Å². The maximum atomic E-state index is 13.4. The zero-order chi connectivity index (χ0) is 19.7. The lowest BCUT2D eigenvalue weighted by molar-refractivity contribution is 0.0520. The van der Waals surface area contributed by atoms with Crippen molar-refractivity contribution in [2.45, 2.75) is 13.3 Å². The summed E-state index contributed by atoms with van der Waals surface area (Å²) < 4.78 is 32.4. The number of aromatic hydroxyl groups is 1. The summed E-state index contributed by atoms with van der Waals surface area (Å²) in [5.41, 5.74) is 0.303. The van der Waals surface area contributed by atoms with Crippen LogP contribution in [0.2, 0.25) is 0 Å². The van der Waals surface area contributed by atoms with Gasteiger partial charge in [0.05, 0.1) is 12.1 Å². The van der Waals surface area contributed by atoms with E-state index in [-0.39, 0.29) is 18.5 Å². The molecule has 0 bridgehead atoms. The molecule has 0 amide bonds. The third kappa shape index (κ3) is 3.38. The summed E-state index contributed by atoms with van der Waals surface area (Å²) in [5.74, 6) is -3.37. The van der Waals surface area contributed by atoms with E-state index in [4.69, 9.17) is 4.74 Å². The van der Waals surface area contributed by atoms with Crippen molar-refractivity contribution >= 4 is 17.0 Å². The van der Waals surface area contributed by atoms with Gasteiger partial charge in [0.25, 0.3) is 5.56 Å². The van der Waals surface area contributed by atoms with E-state index in [0.29, 0.717) is 16.6 Å². The zero-order valence-corrected chi connectivity index (χ0v) is 14.6. The molecule has 0 saturated carbocycles. The second kappa shape index (κ2) is 7.14. The van der Waals surface area contributed by atoms with Gasteiger partial charge in [0.15, 0.2) is 22.9 Å². The predicted octanol–water partition coefficient (Wildman–Crippen LogP) is 2.68. The van der Waals surface area contributed by atoms with Crippen molar-refractivity contribution < 1.29 is 23.4 Å². The van der Waals surface area contributed by atoms with Crippen molar-refractivity contribution in [1.29, 1.82) is 0 Å². The number of esters is 1. The van der Waals surface area contributed by atoms with Gasteiger partial charge in [-0.05, 0) is 42.7 Å². The first-order valence-electron chi connectivity index (χ1n) is 8.15. The molecule has 1 N–H and O–H groups in total. The van der Waals surface area contributed by atoms with Gasteiger partial charge in [-0.2, -0.15) is 0 Å². The van der Waals surface area contributed by atoms with Crippen LogP contribution in [0.4, 0.5) is 8.78 Å². The average Bonchev–Trinajstić information content (AvgIpc) is 2.63. The smallest absolute Gasteiger partial charge is 0.347 e. The van der Waals surface area contributed by atoms with Gasteiger partial charge in [-0.1, -0.05) is 6.07 Å². The summed E-state index contributed by atoms with van der Waals surface area (Å²) >= 11 is 0. The molecule has 2 aromatic heterocycles. The Morgan fingerprint density at radius 1 is 1.22 bits per heavy atom. The first kappa shape index (κ1) is 18.5. The molecule has 0 aliphatic rings. The number of pyridine rings is 2. The molecule has 0 fully saturated rings. The summed E-state index contributed by atoms with van der Waals surface area (Å²) in [5, 5.41) is 10.3. The van der Waals surface area contributed by atoms with Crippen LogP contribution in [-0.4, -0.2) is 27.2 Å². The van der Waals surface area contributed by atoms with Crippen molar-refractivity contribution in [2.75, 3.05) is 6.61 Å². The van der Waals surface area contributed by atoms with Crippen molar-refractivity contribution in [3.05, 3.63) is 69.1 Å². The number of aromatic nitrogens is 2. The molecule has 6 nitrogen and oxygen atoms in total.